The van der Waals surface area contributed by atoms with Crippen molar-refractivity contribution in [1.29, 1.82) is 0 Å². The van der Waals surface area contributed by atoms with Crippen LogP contribution in [0.4, 0.5) is 0 Å². The van der Waals surface area contributed by atoms with Crippen molar-refractivity contribution >= 4 is 17.8 Å². The number of carbonyl (C=O) groups excluding carboxylic acids is 2. The summed E-state index contributed by atoms with van der Waals surface area (Å²) in [6.45, 7) is 6.63. The Morgan fingerprint density at radius 3 is 2.38 bits per heavy atom. The third-order valence-corrected chi connectivity index (χ3v) is 4.75. The second-order valence-corrected chi connectivity index (χ2v) is 7.87. The number of carboxylic acid groups (broad SMARTS) is 1. The van der Waals surface area contributed by atoms with E-state index in [4.69, 9.17) is 0 Å². The average molecular weight is 360 g/mol. The molecule has 0 bridgehead atoms. The predicted octanol–water partition coefficient (Wildman–Crippen LogP) is 2.26. The fourth-order valence-electron chi connectivity index (χ4n) is 3.16. The van der Waals surface area contributed by atoms with Crippen LogP contribution in [-0.4, -0.2) is 47.4 Å². The number of hydrogen-bond acceptors (Lipinski definition) is 3. The van der Waals surface area contributed by atoms with E-state index in [0.717, 1.165) is 5.56 Å². The van der Waals surface area contributed by atoms with Gasteiger partial charge in [0.1, 0.15) is 0 Å². The summed E-state index contributed by atoms with van der Waals surface area (Å²) in [6, 6.07) is 9.49. The first-order valence-electron chi connectivity index (χ1n) is 9.04. The quantitative estimate of drug-likeness (QED) is 0.762. The Morgan fingerprint density at radius 1 is 1.15 bits per heavy atom. The van der Waals surface area contributed by atoms with Gasteiger partial charge in [-0.25, -0.2) is 0 Å². The molecule has 2 amide bonds. The van der Waals surface area contributed by atoms with Crippen LogP contribution in [-0.2, 0) is 14.4 Å². The minimum atomic E-state index is -0.869. The fraction of sp³-hybridized carbons (Fsp3) is 0.550. The number of nitrogens with one attached hydrogen (secondary N) is 1. The average Bonchev–Trinajstić information content (AvgIpc) is 3.04. The molecule has 26 heavy (non-hydrogen) atoms. The third kappa shape index (κ3) is 5.07. The molecule has 6 nitrogen and oxygen atoms in total. The Hall–Kier alpha value is -2.37. The summed E-state index contributed by atoms with van der Waals surface area (Å²) >= 11 is 0. The van der Waals surface area contributed by atoms with Crippen LogP contribution >= 0.6 is 0 Å². The number of amides is 2. The standard InChI is InChI=1S/C20H28N2O4/c1-20(2,3)19(26)21-11-7-10-17(23)22-12-15(16(13-22)18(24)25)14-8-5-4-6-9-14/h4-6,8-9,15-16H,7,10-13H2,1-3H3,(H,21,26)(H,24,25). The SMILES string of the molecule is CC(C)(C)C(=O)NCCCC(=O)N1CC(C(=O)O)C(c2ccccc2)C1. The highest BCUT2D eigenvalue weighted by atomic mass is 16.4. The smallest absolute Gasteiger partial charge is 0.308 e. The predicted molar refractivity (Wildman–Crippen MR) is 98.6 cm³/mol. The lowest BCUT2D eigenvalue weighted by atomic mass is 9.89. The molecule has 0 saturated carbocycles. The van der Waals surface area contributed by atoms with Gasteiger partial charge in [-0.1, -0.05) is 51.1 Å². The molecule has 1 fully saturated rings. The van der Waals surface area contributed by atoms with E-state index in [1.54, 1.807) is 4.90 Å². The van der Waals surface area contributed by atoms with E-state index in [9.17, 15) is 19.5 Å². The van der Waals surface area contributed by atoms with E-state index in [0.29, 0.717) is 25.9 Å². The van der Waals surface area contributed by atoms with Crippen molar-refractivity contribution in [2.45, 2.75) is 39.5 Å². The molecule has 0 radical (unpaired) electrons. The van der Waals surface area contributed by atoms with Gasteiger partial charge in [0.15, 0.2) is 0 Å². The number of rotatable bonds is 6. The van der Waals surface area contributed by atoms with Crippen molar-refractivity contribution in [2.75, 3.05) is 19.6 Å². The van der Waals surface area contributed by atoms with Gasteiger partial charge in [0.25, 0.3) is 0 Å². The molecular weight excluding hydrogens is 332 g/mol. The molecule has 6 heteroatoms. The summed E-state index contributed by atoms with van der Waals surface area (Å²) in [7, 11) is 0. The van der Waals surface area contributed by atoms with Crippen molar-refractivity contribution in [1.82, 2.24) is 10.2 Å². The van der Waals surface area contributed by atoms with Gasteiger partial charge >= 0.3 is 5.97 Å². The zero-order valence-corrected chi connectivity index (χ0v) is 15.7. The Bertz CT molecular complexity index is 652. The fourth-order valence-corrected chi connectivity index (χ4v) is 3.16. The van der Waals surface area contributed by atoms with Crippen LogP contribution < -0.4 is 5.32 Å². The highest BCUT2D eigenvalue weighted by Gasteiger charge is 2.40. The maximum atomic E-state index is 12.5. The summed E-state index contributed by atoms with van der Waals surface area (Å²) in [5, 5.41) is 12.3. The zero-order chi connectivity index (χ0) is 19.3. The zero-order valence-electron chi connectivity index (χ0n) is 15.7. The van der Waals surface area contributed by atoms with Crippen molar-refractivity contribution < 1.29 is 19.5 Å². The molecule has 2 atom stereocenters. The van der Waals surface area contributed by atoms with E-state index in [-0.39, 0.29) is 24.3 Å². The molecule has 1 aromatic rings. The maximum Gasteiger partial charge on any atom is 0.308 e. The first-order chi connectivity index (χ1) is 12.2. The second kappa shape index (κ2) is 8.34. The second-order valence-electron chi connectivity index (χ2n) is 7.87. The number of carboxylic acids is 1. The third-order valence-electron chi connectivity index (χ3n) is 4.75. The van der Waals surface area contributed by atoms with Gasteiger partial charge in [0.2, 0.25) is 11.8 Å². The molecule has 0 spiro atoms. The number of likely N-dealkylation sites (tertiary alicyclic amines) is 1. The van der Waals surface area contributed by atoms with Crippen LogP contribution in [0.15, 0.2) is 30.3 Å². The first kappa shape index (κ1) is 19.9. The molecule has 2 unspecified atom stereocenters. The van der Waals surface area contributed by atoms with E-state index >= 15 is 0 Å². The monoisotopic (exact) mass is 360 g/mol. The van der Waals surface area contributed by atoms with Crippen molar-refractivity contribution in [3.05, 3.63) is 35.9 Å². The molecular formula is C20H28N2O4. The summed E-state index contributed by atoms with van der Waals surface area (Å²) in [4.78, 5) is 37.5. The molecule has 1 saturated heterocycles. The number of aliphatic carboxylic acids is 1. The summed E-state index contributed by atoms with van der Waals surface area (Å²) in [6.07, 6.45) is 0.850. The van der Waals surface area contributed by atoms with Crippen molar-refractivity contribution in [3.63, 3.8) is 0 Å². The van der Waals surface area contributed by atoms with Gasteiger partial charge in [0, 0.05) is 37.4 Å². The number of nitrogens with zero attached hydrogens (tertiary/aromatic N) is 1. The molecule has 1 aromatic carbocycles. The highest BCUT2D eigenvalue weighted by Crippen LogP contribution is 2.33. The van der Waals surface area contributed by atoms with Crippen molar-refractivity contribution in [2.24, 2.45) is 11.3 Å². The van der Waals surface area contributed by atoms with Gasteiger partial charge in [-0.3, -0.25) is 14.4 Å². The van der Waals surface area contributed by atoms with E-state index in [1.165, 1.54) is 0 Å². The number of benzene rings is 1. The summed E-state index contributed by atoms with van der Waals surface area (Å²) in [5.41, 5.74) is 0.504. The molecule has 1 aliphatic rings. The highest BCUT2D eigenvalue weighted by molar-refractivity contribution is 5.81. The molecule has 2 rings (SSSR count). The number of carbonyl (C=O) groups is 3. The van der Waals surface area contributed by atoms with E-state index < -0.39 is 17.3 Å². The lowest BCUT2D eigenvalue weighted by Gasteiger charge is -2.19. The van der Waals surface area contributed by atoms with Gasteiger partial charge < -0.3 is 15.3 Å². The molecule has 142 valence electrons. The van der Waals surface area contributed by atoms with E-state index in [1.807, 2.05) is 51.1 Å². The van der Waals surface area contributed by atoms with E-state index in [2.05, 4.69) is 5.32 Å². The molecule has 2 N–H and O–H groups in total. The maximum absolute atomic E-state index is 12.5. The van der Waals surface area contributed by atoms with Crippen LogP contribution in [0, 0.1) is 11.3 Å². The molecule has 0 aliphatic carbocycles. The molecule has 0 aromatic heterocycles. The normalized spacial score (nSPS) is 20.0. The first-order valence-corrected chi connectivity index (χ1v) is 9.04. The molecule has 1 heterocycles. The Morgan fingerprint density at radius 2 is 1.81 bits per heavy atom. The molecule has 1 aliphatic heterocycles. The van der Waals surface area contributed by atoms with Crippen LogP contribution in [0.2, 0.25) is 0 Å². The Kier molecular flexibility index (Phi) is 6.40. The summed E-state index contributed by atoms with van der Waals surface area (Å²) in [5.74, 6) is -1.73. The van der Waals surface area contributed by atoms with Crippen LogP contribution in [0.25, 0.3) is 0 Å². The Labute approximate surface area is 154 Å². The van der Waals surface area contributed by atoms with Crippen molar-refractivity contribution in [3.8, 4) is 0 Å². The largest absolute Gasteiger partial charge is 0.481 e. The van der Waals surface area contributed by atoms with Crippen LogP contribution in [0.5, 0.6) is 0 Å². The topological polar surface area (TPSA) is 86.7 Å². The van der Waals surface area contributed by atoms with Gasteiger partial charge in [-0.05, 0) is 12.0 Å². The van der Waals surface area contributed by atoms with Gasteiger partial charge in [0.05, 0.1) is 5.92 Å². The number of hydrogen-bond donors (Lipinski definition) is 2. The van der Waals surface area contributed by atoms with Gasteiger partial charge in [-0.2, -0.15) is 0 Å². The van der Waals surface area contributed by atoms with Gasteiger partial charge in [-0.15, -0.1) is 0 Å². The summed E-state index contributed by atoms with van der Waals surface area (Å²) < 4.78 is 0. The lowest BCUT2D eigenvalue weighted by Crippen LogP contribution is -2.36. The lowest BCUT2D eigenvalue weighted by molar-refractivity contribution is -0.142. The minimum absolute atomic E-state index is 0.0406. The Balaban J connectivity index is 1.88. The van der Waals surface area contributed by atoms with Crippen LogP contribution in [0.1, 0.15) is 45.1 Å². The minimum Gasteiger partial charge on any atom is -0.481 e. The van der Waals surface area contributed by atoms with Crippen LogP contribution in [0.3, 0.4) is 0 Å².